The monoisotopic (exact) mass is 615 g/mol. The van der Waals surface area contributed by atoms with Gasteiger partial charge in [-0.1, -0.05) is 6.08 Å². The molecular weight excluding hydrogens is 574 g/mol. The van der Waals surface area contributed by atoms with Crippen LogP contribution in [0.4, 0.5) is 0 Å². The van der Waals surface area contributed by atoms with Gasteiger partial charge in [0.05, 0.1) is 38.0 Å². The molecule has 42 heavy (non-hydrogen) atoms. The van der Waals surface area contributed by atoms with Gasteiger partial charge >= 0.3 is 0 Å². The molecule has 3 fully saturated rings. The molecule has 0 aromatic carbocycles. The predicted molar refractivity (Wildman–Crippen MR) is 132 cm³/mol. The molecule has 4 rings (SSSR count). The summed E-state index contributed by atoms with van der Waals surface area (Å²) < 4.78 is 27.2. The van der Waals surface area contributed by atoms with Gasteiger partial charge in [-0.25, -0.2) is 0 Å². The fourth-order valence-corrected chi connectivity index (χ4v) is 5.51. The SMILES string of the molecule is C[C@H]1O[C@H](O[C@@H]2CO[C@H](O[C@H]3[C@H](O)[C@@H](O)[C@H](O)O[C@@H]3CO)[C@H](O)[C@H]2O)[C@H](O)[C@@H](O)[C@@H]1N[C@H]1C=C(CO)[C@@H](O)[C@H](O)[C@H]1O. The van der Waals surface area contributed by atoms with E-state index in [0.29, 0.717) is 0 Å². The molecule has 0 aromatic heterocycles. The third-order valence-corrected chi connectivity index (χ3v) is 8.11. The smallest absolute Gasteiger partial charge is 0.186 e. The Morgan fingerprint density at radius 3 is 2.07 bits per heavy atom. The first kappa shape index (κ1) is 33.9. The molecule has 1 aliphatic carbocycles. The predicted octanol–water partition coefficient (Wildman–Crippen LogP) is -7.93. The van der Waals surface area contributed by atoms with Crippen LogP contribution in [0.5, 0.6) is 0 Å². The van der Waals surface area contributed by atoms with E-state index in [1.54, 1.807) is 0 Å². The largest absolute Gasteiger partial charge is 0.394 e. The first-order chi connectivity index (χ1) is 19.8. The highest BCUT2D eigenvalue weighted by atomic mass is 16.7. The minimum atomic E-state index is -1.81. The van der Waals surface area contributed by atoms with Crippen molar-refractivity contribution in [3.8, 4) is 0 Å². The third-order valence-electron chi connectivity index (χ3n) is 8.11. The Bertz CT molecular complexity index is 912. The van der Waals surface area contributed by atoms with E-state index in [1.165, 1.54) is 13.0 Å². The van der Waals surface area contributed by atoms with Crippen molar-refractivity contribution in [3.63, 3.8) is 0 Å². The quantitative estimate of drug-likeness (QED) is 0.113. The van der Waals surface area contributed by atoms with Gasteiger partial charge in [-0.2, -0.15) is 0 Å². The van der Waals surface area contributed by atoms with Crippen molar-refractivity contribution in [1.82, 2.24) is 5.32 Å². The first-order valence-corrected chi connectivity index (χ1v) is 13.5. The van der Waals surface area contributed by atoms with E-state index in [-0.39, 0.29) is 5.57 Å². The molecule has 0 amide bonds. The van der Waals surface area contributed by atoms with E-state index in [1.807, 2.05) is 0 Å². The summed E-state index contributed by atoms with van der Waals surface area (Å²) in [7, 11) is 0. The maximum Gasteiger partial charge on any atom is 0.186 e. The molecule has 0 aromatic rings. The second-order valence-corrected chi connectivity index (χ2v) is 10.9. The van der Waals surface area contributed by atoms with E-state index in [4.69, 9.17) is 23.7 Å². The van der Waals surface area contributed by atoms with Crippen LogP contribution in [-0.2, 0) is 23.7 Å². The van der Waals surface area contributed by atoms with E-state index in [0.717, 1.165) is 0 Å². The summed E-state index contributed by atoms with van der Waals surface area (Å²) in [5, 5.41) is 125. The molecule has 18 heteroatoms. The Hall–Kier alpha value is -0.980. The first-order valence-electron chi connectivity index (χ1n) is 13.5. The minimum Gasteiger partial charge on any atom is -0.394 e. The Morgan fingerprint density at radius 2 is 1.43 bits per heavy atom. The van der Waals surface area contributed by atoms with Gasteiger partial charge in [0.1, 0.15) is 73.2 Å². The number of rotatable bonds is 8. The standard InChI is InChI=1S/C24H41NO17/c1-6-11(25-8-2-7(3-26)12(28)16(32)13(8)29)15(31)20(36)24(39-6)41-10-5-38-23(19(35)14(10)30)42-21-9(4-27)40-22(37)18(34)17(21)33/h2,6,8-37H,3-5H2,1H3/t6-,8+,9-,10-,11-,12-,13+,14+,15+,16+,17-,18-,19-,20-,21-,22-,23-,24-/m1/s1. The normalized spacial score (nSPS) is 52.2. The zero-order valence-electron chi connectivity index (χ0n) is 22.5. The number of ether oxygens (including phenoxy) is 5. The summed E-state index contributed by atoms with van der Waals surface area (Å²) in [6.45, 7) is -0.250. The highest BCUT2D eigenvalue weighted by Gasteiger charge is 2.51. The molecule has 18 nitrogen and oxygen atoms in total. The van der Waals surface area contributed by atoms with Crippen LogP contribution < -0.4 is 5.32 Å². The average molecular weight is 616 g/mol. The van der Waals surface area contributed by atoms with Crippen LogP contribution >= 0.6 is 0 Å². The summed E-state index contributed by atoms with van der Waals surface area (Å²) in [4.78, 5) is 0. The van der Waals surface area contributed by atoms with Crippen molar-refractivity contribution >= 4 is 0 Å². The van der Waals surface area contributed by atoms with Gasteiger partial charge in [-0.3, -0.25) is 0 Å². The van der Waals surface area contributed by atoms with Gasteiger partial charge in [-0.05, 0) is 12.5 Å². The lowest BCUT2D eigenvalue weighted by Crippen LogP contribution is -2.67. The molecule has 0 bridgehead atoms. The number of aliphatic hydroxyl groups excluding tert-OH is 12. The molecule has 3 heterocycles. The van der Waals surface area contributed by atoms with Gasteiger partial charge in [0.25, 0.3) is 0 Å². The molecule has 0 spiro atoms. The summed E-state index contributed by atoms with van der Waals surface area (Å²) in [5.41, 5.74) is 0.0456. The Kier molecular flexibility index (Phi) is 11.3. The van der Waals surface area contributed by atoms with Crippen LogP contribution in [0, 0.1) is 0 Å². The van der Waals surface area contributed by atoms with Crippen LogP contribution in [0.2, 0.25) is 0 Å². The molecule has 0 radical (unpaired) electrons. The Balaban J connectivity index is 1.36. The fraction of sp³-hybridized carbons (Fsp3) is 0.917. The number of hydrogen-bond acceptors (Lipinski definition) is 18. The molecule has 244 valence electrons. The second-order valence-electron chi connectivity index (χ2n) is 10.9. The van der Waals surface area contributed by atoms with Crippen molar-refractivity contribution in [3.05, 3.63) is 11.6 Å². The zero-order chi connectivity index (χ0) is 31.0. The molecular formula is C24H41NO17. The van der Waals surface area contributed by atoms with Crippen molar-refractivity contribution < 1.29 is 85.0 Å². The zero-order valence-corrected chi connectivity index (χ0v) is 22.5. The fourth-order valence-electron chi connectivity index (χ4n) is 5.51. The summed E-state index contributed by atoms with van der Waals surface area (Å²) in [6.07, 6.45) is -23.6. The highest BCUT2D eigenvalue weighted by molar-refractivity contribution is 5.22. The lowest BCUT2D eigenvalue weighted by molar-refractivity contribution is -0.358. The van der Waals surface area contributed by atoms with Crippen LogP contribution in [0.1, 0.15) is 6.92 Å². The molecule has 18 atom stereocenters. The van der Waals surface area contributed by atoms with Crippen molar-refractivity contribution in [2.45, 2.75) is 117 Å². The summed E-state index contributed by atoms with van der Waals surface area (Å²) in [6, 6.07) is -2.07. The van der Waals surface area contributed by atoms with Crippen LogP contribution in [0.15, 0.2) is 11.6 Å². The van der Waals surface area contributed by atoms with Gasteiger partial charge < -0.3 is 90.3 Å². The summed E-state index contributed by atoms with van der Waals surface area (Å²) >= 11 is 0. The van der Waals surface area contributed by atoms with E-state index in [2.05, 4.69) is 5.32 Å². The maximum absolute atomic E-state index is 10.8. The molecule has 13 N–H and O–H groups in total. The Morgan fingerprint density at radius 1 is 0.762 bits per heavy atom. The van der Waals surface area contributed by atoms with Crippen LogP contribution in [-0.4, -0.2) is 191 Å². The average Bonchev–Trinajstić information content (AvgIpc) is 2.97. The van der Waals surface area contributed by atoms with Crippen LogP contribution in [0.3, 0.4) is 0 Å². The minimum absolute atomic E-state index is 0.0456. The van der Waals surface area contributed by atoms with Gasteiger partial charge in [-0.15, -0.1) is 0 Å². The Labute approximate surface area is 239 Å². The van der Waals surface area contributed by atoms with Crippen molar-refractivity contribution in [1.29, 1.82) is 0 Å². The van der Waals surface area contributed by atoms with E-state index >= 15 is 0 Å². The van der Waals surface area contributed by atoms with Gasteiger partial charge in [0, 0.05) is 0 Å². The lowest BCUT2D eigenvalue weighted by Gasteiger charge is -2.47. The topological polar surface area (TPSA) is 301 Å². The lowest BCUT2D eigenvalue weighted by atomic mass is 9.86. The molecule has 3 saturated heterocycles. The second kappa shape index (κ2) is 14.0. The number of aliphatic hydroxyl groups is 12. The number of hydrogen-bond donors (Lipinski definition) is 13. The van der Waals surface area contributed by atoms with Gasteiger partial charge in [0.2, 0.25) is 0 Å². The van der Waals surface area contributed by atoms with Crippen molar-refractivity contribution in [2.24, 2.45) is 0 Å². The third kappa shape index (κ3) is 6.66. The van der Waals surface area contributed by atoms with Gasteiger partial charge in [0.15, 0.2) is 18.9 Å². The molecule has 0 saturated carbocycles. The van der Waals surface area contributed by atoms with Crippen LogP contribution in [0.25, 0.3) is 0 Å². The highest BCUT2D eigenvalue weighted by Crippen LogP contribution is 2.30. The number of nitrogens with one attached hydrogen (secondary N) is 1. The van der Waals surface area contributed by atoms with E-state index in [9.17, 15) is 61.3 Å². The molecule has 4 aliphatic rings. The molecule has 3 aliphatic heterocycles. The van der Waals surface area contributed by atoms with E-state index < -0.39 is 130 Å². The molecule has 0 unspecified atom stereocenters. The summed E-state index contributed by atoms with van der Waals surface area (Å²) in [5.74, 6) is 0. The maximum atomic E-state index is 10.8. The van der Waals surface area contributed by atoms with Crippen molar-refractivity contribution in [2.75, 3.05) is 19.8 Å².